The lowest BCUT2D eigenvalue weighted by Gasteiger charge is -2.13. The van der Waals surface area contributed by atoms with Crippen LogP contribution in [-0.4, -0.2) is 34.3 Å². The van der Waals surface area contributed by atoms with Gasteiger partial charge in [0, 0.05) is 22.9 Å². The summed E-state index contributed by atoms with van der Waals surface area (Å²) >= 11 is 7.74. The summed E-state index contributed by atoms with van der Waals surface area (Å²) in [6, 6.07) is 7.76. The second-order valence-corrected chi connectivity index (χ2v) is 8.58. The Morgan fingerprint density at radius 1 is 1.21 bits per heavy atom. The van der Waals surface area contributed by atoms with Gasteiger partial charge in [0.15, 0.2) is 0 Å². The van der Waals surface area contributed by atoms with Crippen LogP contribution in [0.15, 0.2) is 24.3 Å². The number of nitrogens with one attached hydrogen (secondary N) is 1. The standard InChI is InChI=1S/C21H22ClN3O3S/c22-14-7-5-13(6-8-14)11-23-20-19-15-3-1-2-4-16(15)29-21(19)25-17(24-20)9-10-28-12-18(26)27/h5-8H,1-4,9-12H2,(H,26,27)(H,23,24,25). The monoisotopic (exact) mass is 431 g/mol. The first-order valence-corrected chi connectivity index (χ1v) is 10.9. The highest BCUT2D eigenvalue weighted by Crippen LogP contribution is 2.38. The van der Waals surface area contributed by atoms with E-state index in [-0.39, 0.29) is 13.2 Å². The van der Waals surface area contributed by atoms with Crippen LogP contribution in [0.2, 0.25) is 5.02 Å². The predicted molar refractivity (Wildman–Crippen MR) is 115 cm³/mol. The smallest absolute Gasteiger partial charge is 0.329 e. The molecule has 2 heterocycles. The van der Waals surface area contributed by atoms with Crippen LogP contribution < -0.4 is 5.32 Å². The maximum absolute atomic E-state index is 10.6. The number of anilines is 1. The Balaban J connectivity index is 1.60. The summed E-state index contributed by atoms with van der Waals surface area (Å²) in [6.07, 6.45) is 5.05. The van der Waals surface area contributed by atoms with Crippen molar-refractivity contribution >= 4 is 44.9 Å². The van der Waals surface area contributed by atoms with Crippen LogP contribution in [0.4, 0.5) is 5.82 Å². The quantitative estimate of drug-likeness (QED) is 0.511. The van der Waals surface area contributed by atoms with Gasteiger partial charge in [0.25, 0.3) is 0 Å². The molecule has 1 aliphatic carbocycles. The molecule has 0 spiro atoms. The van der Waals surface area contributed by atoms with Crippen molar-refractivity contribution in [2.75, 3.05) is 18.5 Å². The van der Waals surface area contributed by atoms with Crippen LogP contribution in [0.1, 0.15) is 34.7 Å². The molecule has 0 aliphatic heterocycles. The Morgan fingerprint density at radius 3 is 2.79 bits per heavy atom. The van der Waals surface area contributed by atoms with Crippen LogP contribution in [-0.2, 0) is 35.3 Å². The van der Waals surface area contributed by atoms with E-state index in [1.807, 2.05) is 24.3 Å². The first-order chi connectivity index (χ1) is 14.1. The van der Waals surface area contributed by atoms with Crippen molar-refractivity contribution in [2.24, 2.45) is 0 Å². The van der Waals surface area contributed by atoms with Gasteiger partial charge in [-0.25, -0.2) is 14.8 Å². The van der Waals surface area contributed by atoms with Crippen molar-refractivity contribution in [1.29, 1.82) is 0 Å². The van der Waals surface area contributed by atoms with Gasteiger partial charge in [-0.3, -0.25) is 0 Å². The van der Waals surface area contributed by atoms with Crippen molar-refractivity contribution in [2.45, 2.75) is 38.6 Å². The van der Waals surface area contributed by atoms with E-state index in [1.54, 1.807) is 11.3 Å². The molecule has 2 aromatic heterocycles. The molecule has 2 N–H and O–H groups in total. The third-order valence-corrected chi connectivity index (χ3v) is 6.37. The van der Waals surface area contributed by atoms with E-state index >= 15 is 0 Å². The Bertz CT molecular complexity index is 1020. The van der Waals surface area contributed by atoms with E-state index in [9.17, 15) is 4.79 Å². The second kappa shape index (κ2) is 9.07. The van der Waals surface area contributed by atoms with Crippen LogP contribution in [0, 0.1) is 0 Å². The minimum atomic E-state index is -0.974. The molecule has 0 fully saturated rings. The summed E-state index contributed by atoms with van der Waals surface area (Å²) in [6.45, 7) is 0.611. The number of rotatable bonds is 8. The number of aliphatic carboxylic acids is 1. The number of aryl methyl sites for hydroxylation is 2. The number of nitrogens with zero attached hydrogens (tertiary/aromatic N) is 2. The van der Waals surface area contributed by atoms with Gasteiger partial charge in [-0.05, 0) is 48.9 Å². The zero-order chi connectivity index (χ0) is 20.2. The van der Waals surface area contributed by atoms with Gasteiger partial charge < -0.3 is 15.2 Å². The molecule has 4 rings (SSSR count). The fourth-order valence-corrected chi connectivity index (χ4v) is 4.96. The fraction of sp³-hybridized carbons (Fsp3) is 0.381. The number of aromatic nitrogens is 2. The zero-order valence-corrected chi connectivity index (χ0v) is 17.5. The molecule has 152 valence electrons. The van der Waals surface area contributed by atoms with E-state index in [0.29, 0.717) is 23.8 Å². The molecule has 0 unspecified atom stereocenters. The zero-order valence-electron chi connectivity index (χ0n) is 15.9. The Hall–Kier alpha value is -2.22. The number of hydrogen-bond acceptors (Lipinski definition) is 6. The number of halogens is 1. The lowest BCUT2D eigenvalue weighted by atomic mass is 9.97. The maximum Gasteiger partial charge on any atom is 0.329 e. The van der Waals surface area contributed by atoms with E-state index in [0.717, 1.165) is 34.4 Å². The molecular formula is C21H22ClN3O3S. The average Bonchev–Trinajstić information content (AvgIpc) is 3.09. The Labute approximate surface area is 177 Å². The minimum Gasteiger partial charge on any atom is -0.480 e. The van der Waals surface area contributed by atoms with Crippen molar-refractivity contribution < 1.29 is 14.6 Å². The molecule has 1 aliphatic rings. The average molecular weight is 432 g/mol. The van der Waals surface area contributed by atoms with Crippen molar-refractivity contribution in [3.8, 4) is 0 Å². The largest absolute Gasteiger partial charge is 0.480 e. The van der Waals surface area contributed by atoms with E-state index in [2.05, 4.69) is 5.32 Å². The number of carboxylic acid groups (broad SMARTS) is 1. The number of ether oxygens (including phenoxy) is 1. The molecule has 29 heavy (non-hydrogen) atoms. The van der Waals surface area contributed by atoms with E-state index in [4.69, 9.17) is 31.4 Å². The number of carboxylic acids is 1. The molecule has 0 atom stereocenters. The topological polar surface area (TPSA) is 84.3 Å². The number of fused-ring (bicyclic) bond motifs is 3. The number of benzene rings is 1. The third-order valence-electron chi connectivity index (χ3n) is 4.93. The predicted octanol–water partition coefficient (Wildman–Crippen LogP) is 4.48. The number of carbonyl (C=O) groups is 1. The SMILES string of the molecule is O=C(O)COCCc1nc(NCc2ccc(Cl)cc2)c2c3c(sc2n1)CCCC3. The van der Waals surface area contributed by atoms with Crippen LogP contribution in [0.25, 0.3) is 10.2 Å². The molecule has 0 radical (unpaired) electrons. The van der Waals surface area contributed by atoms with Crippen LogP contribution >= 0.6 is 22.9 Å². The van der Waals surface area contributed by atoms with Gasteiger partial charge in [0.1, 0.15) is 23.1 Å². The summed E-state index contributed by atoms with van der Waals surface area (Å²) in [5.74, 6) is 0.537. The first-order valence-electron chi connectivity index (χ1n) is 9.69. The molecule has 0 bridgehead atoms. The summed E-state index contributed by atoms with van der Waals surface area (Å²) in [5.41, 5.74) is 2.50. The van der Waals surface area contributed by atoms with E-state index in [1.165, 1.54) is 23.3 Å². The maximum atomic E-state index is 10.6. The summed E-state index contributed by atoms with van der Waals surface area (Å²) in [4.78, 5) is 22.5. The molecular weight excluding hydrogens is 410 g/mol. The van der Waals surface area contributed by atoms with Gasteiger partial charge in [0.05, 0.1) is 12.0 Å². The fourth-order valence-electron chi connectivity index (χ4n) is 3.55. The summed E-state index contributed by atoms with van der Waals surface area (Å²) < 4.78 is 5.16. The van der Waals surface area contributed by atoms with Crippen molar-refractivity contribution in [1.82, 2.24) is 9.97 Å². The first kappa shape index (κ1) is 20.1. The van der Waals surface area contributed by atoms with Crippen LogP contribution in [0.5, 0.6) is 0 Å². The highest BCUT2D eigenvalue weighted by molar-refractivity contribution is 7.19. The third kappa shape index (κ3) is 4.86. The molecule has 0 saturated heterocycles. The molecule has 0 amide bonds. The molecule has 1 aromatic carbocycles. The normalized spacial score (nSPS) is 13.4. The second-order valence-electron chi connectivity index (χ2n) is 7.06. The lowest BCUT2D eigenvalue weighted by molar-refractivity contribution is -0.142. The lowest BCUT2D eigenvalue weighted by Crippen LogP contribution is -2.11. The van der Waals surface area contributed by atoms with Crippen molar-refractivity contribution in [3.05, 3.63) is 51.1 Å². The van der Waals surface area contributed by atoms with E-state index < -0.39 is 5.97 Å². The molecule has 3 aromatic rings. The highest BCUT2D eigenvalue weighted by atomic mass is 35.5. The molecule has 0 saturated carbocycles. The number of hydrogen-bond donors (Lipinski definition) is 2. The van der Waals surface area contributed by atoms with Gasteiger partial charge in [-0.15, -0.1) is 11.3 Å². The Morgan fingerprint density at radius 2 is 2.00 bits per heavy atom. The molecule has 8 heteroatoms. The molecule has 6 nitrogen and oxygen atoms in total. The minimum absolute atomic E-state index is 0.277. The number of thiophene rings is 1. The summed E-state index contributed by atoms with van der Waals surface area (Å²) in [7, 11) is 0. The van der Waals surface area contributed by atoms with Gasteiger partial charge >= 0.3 is 5.97 Å². The van der Waals surface area contributed by atoms with Gasteiger partial charge in [0.2, 0.25) is 0 Å². The Kier molecular flexibility index (Phi) is 6.28. The van der Waals surface area contributed by atoms with Gasteiger partial charge in [-0.2, -0.15) is 0 Å². The van der Waals surface area contributed by atoms with Crippen molar-refractivity contribution in [3.63, 3.8) is 0 Å². The van der Waals surface area contributed by atoms with Crippen LogP contribution in [0.3, 0.4) is 0 Å². The summed E-state index contributed by atoms with van der Waals surface area (Å²) in [5, 5.41) is 14.0. The van der Waals surface area contributed by atoms with Gasteiger partial charge in [-0.1, -0.05) is 23.7 Å². The highest BCUT2D eigenvalue weighted by Gasteiger charge is 2.21.